The molecule has 0 amide bonds. The summed E-state index contributed by atoms with van der Waals surface area (Å²) in [6.45, 7) is 16.3. The van der Waals surface area contributed by atoms with Gasteiger partial charge in [0.05, 0.1) is 0 Å². The highest BCUT2D eigenvalue weighted by molar-refractivity contribution is 6.11. The monoisotopic (exact) mass is 654 g/mol. The van der Waals surface area contributed by atoms with E-state index in [1.54, 1.807) is 0 Å². The Balaban J connectivity index is 1.22. The fourth-order valence-corrected chi connectivity index (χ4v) is 12.3. The summed E-state index contributed by atoms with van der Waals surface area (Å²) in [6, 6.07) is 15.7. The Morgan fingerprint density at radius 3 is 2.35 bits per heavy atom. The van der Waals surface area contributed by atoms with Gasteiger partial charge in [-0.15, -0.1) is 0 Å². The number of Topliss-reactive ketones (excluding diaryl/α,β-unsaturated/α-hetero) is 1. The molecule has 2 saturated carbocycles. The van der Waals surface area contributed by atoms with Crippen LogP contribution >= 0.6 is 0 Å². The van der Waals surface area contributed by atoms with Crippen molar-refractivity contribution in [1.82, 2.24) is 0 Å². The standard InChI is InChI=1S/C46H54O3/c1-28(47)36-16-17-37-34-15-14-33-23-31(19-21-45(33,6)38(34)20-22-46(36,37)7)42-40(32-25-43(2,3)27-44(4,5)26-32)35-24-30(13-18-39(35)49-42)41(48)29-11-9-8-10-12-29/h8-14,18,23-25,34,36-38H,15-17,19-22,26-27H2,1-7H3/t34-,36+,37-,38-,45-,46+/m0/s1. The van der Waals surface area contributed by atoms with E-state index in [1.807, 2.05) is 49.4 Å². The molecule has 0 unspecified atom stereocenters. The topological polar surface area (TPSA) is 47.3 Å². The highest BCUT2D eigenvalue weighted by Crippen LogP contribution is 2.66. The molecule has 3 nitrogen and oxygen atoms in total. The molecule has 1 heterocycles. The predicted octanol–water partition coefficient (Wildman–Crippen LogP) is 12.1. The summed E-state index contributed by atoms with van der Waals surface area (Å²) in [6.07, 6.45) is 17.6. The lowest BCUT2D eigenvalue weighted by Gasteiger charge is -2.57. The Bertz CT molecular complexity index is 1950. The van der Waals surface area contributed by atoms with Crippen LogP contribution in [-0.2, 0) is 4.79 Å². The van der Waals surface area contributed by atoms with Crippen molar-refractivity contribution in [2.24, 2.45) is 45.3 Å². The normalized spacial score (nSPS) is 33.1. The molecule has 6 atom stereocenters. The van der Waals surface area contributed by atoms with Crippen LogP contribution in [0.3, 0.4) is 0 Å². The molecule has 1 aromatic heterocycles. The van der Waals surface area contributed by atoms with Crippen molar-refractivity contribution in [3.8, 4) is 0 Å². The van der Waals surface area contributed by atoms with Crippen molar-refractivity contribution in [3.05, 3.63) is 94.8 Å². The zero-order valence-corrected chi connectivity index (χ0v) is 30.7. The van der Waals surface area contributed by atoms with Crippen LogP contribution in [0.4, 0.5) is 0 Å². The van der Waals surface area contributed by atoms with Gasteiger partial charge >= 0.3 is 0 Å². The van der Waals surface area contributed by atoms with Crippen molar-refractivity contribution in [1.29, 1.82) is 0 Å². The molecule has 5 aliphatic carbocycles. The highest BCUT2D eigenvalue weighted by Gasteiger charge is 2.59. The fraction of sp³-hybridized carbons (Fsp3) is 0.522. The zero-order chi connectivity index (χ0) is 34.5. The molecule has 2 fully saturated rings. The SMILES string of the molecule is CC(=O)[C@H]1CC[C@H]2[C@@H]3CC=C4C=C(c5oc6ccc(C(=O)c7ccccc7)cc6c5C5=CC(C)(C)CC(C)(C)C5)CC[C@]4(C)[C@H]3CC[C@]12C. The van der Waals surface area contributed by atoms with Crippen molar-refractivity contribution < 1.29 is 14.0 Å². The molecule has 0 saturated heterocycles. The lowest BCUT2D eigenvalue weighted by atomic mass is 9.47. The number of fused-ring (bicyclic) bond motifs is 6. The van der Waals surface area contributed by atoms with E-state index in [1.165, 1.54) is 41.5 Å². The molecule has 3 aromatic rings. The summed E-state index contributed by atoms with van der Waals surface area (Å²) >= 11 is 0. The molecular formula is C46H54O3. The first-order valence-electron chi connectivity index (χ1n) is 19.0. The Morgan fingerprint density at radius 1 is 0.837 bits per heavy atom. The molecule has 5 aliphatic rings. The van der Waals surface area contributed by atoms with Gasteiger partial charge in [-0.3, -0.25) is 9.59 Å². The summed E-state index contributed by atoms with van der Waals surface area (Å²) in [5.41, 5.74) is 8.14. The molecule has 256 valence electrons. The maximum atomic E-state index is 13.7. The van der Waals surface area contributed by atoms with Gasteiger partial charge in [0, 0.05) is 28.0 Å². The molecule has 0 N–H and O–H groups in total. The van der Waals surface area contributed by atoms with Gasteiger partial charge < -0.3 is 4.42 Å². The summed E-state index contributed by atoms with van der Waals surface area (Å²) in [4.78, 5) is 26.3. The first kappa shape index (κ1) is 32.7. The smallest absolute Gasteiger partial charge is 0.193 e. The van der Waals surface area contributed by atoms with Crippen LogP contribution in [0, 0.1) is 45.3 Å². The number of hydrogen-bond donors (Lipinski definition) is 0. The summed E-state index contributed by atoms with van der Waals surface area (Å²) in [5, 5.41) is 1.05. The van der Waals surface area contributed by atoms with Crippen LogP contribution in [0.5, 0.6) is 0 Å². The average molecular weight is 655 g/mol. The summed E-state index contributed by atoms with van der Waals surface area (Å²) < 4.78 is 6.91. The number of benzene rings is 2. The summed E-state index contributed by atoms with van der Waals surface area (Å²) in [5.74, 6) is 3.69. The van der Waals surface area contributed by atoms with E-state index in [0.29, 0.717) is 34.7 Å². The van der Waals surface area contributed by atoms with E-state index in [4.69, 9.17) is 4.42 Å². The number of allylic oxidation sites excluding steroid dienone is 6. The third-order valence-corrected chi connectivity index (χ3v) is 14.0. The molecule has 0 bridgehead atoms. The van der Waals surface area contributed by atoms with E-state index in [0.717, 1.165) is 55.3 Å². The second-order valence-corrected chi connectivity index (χ2v) is 18.5. The molecular weight excluding hydrogens is 601 g/mol. The van der Waals surface area contributed by atoms with Crippen molar-refractivity contribution in [2.75, 3.05) is 0 Å². The summed E-state index contributed by atoms with van der Waals surface area (Å²) in [7, 11) is 0. The lowest BCUT2D eigenvalue weighted by Crippen LogP contribution is -2.49. The Morgan fingerprint density at radius 2 is 1.61 bits per heavy atom. The maximum absolute atomic E-state index is 13.7. The maximum Gasteiger partial charge on any atom is 0.193 e. The van der Waals surface area contributed by atoms with Gasteiger partial charge in [0.2, 0.25) is 0 Å². The molecule has 0 aliphatic heterocycles. The first-order chi connectivity index (χ1) is 23.2. The largest absolute Gasteiger partial charge is 0.456 e. The number of carbonyl (C=O) groups is 2. The zero-order valence-electron chi connectivity index (χ0n) is 30.7. The Hall–Kier alpha value is -3.46. The van der Waals surface area contributed by atoms with E-state index < -0.39 is 0 Å². The van der Waals surface area contributed by atoms with Gasteiger partial charge in [-0.1, -0.05) is 90.1 Å². The van der Waals surface area contributed by atoms with Gasteiger partial charge in [0.15, 0.2) is 5.78 Å². The van der Waals surface area contributed by atoms with Crippen molar-refractivity contribution in [2.45, 2.75) is 106 Å². The Labute approximate surface area is 293 Å². The number of hydrogen-bond acceptors (Lipinski definition) is 3. The van der Waals surface area contributed by atoms with E-state index in [9.17, 15) is 9.59 Å². The molecule has 3 heteroatoms. The fourth-order valence-electron chi connectivity index (χ4n) is 12.3. The predicted molar refractivity (Wildman–Crippen MR) is 200 cm³/mol. The molecule has 49 heavy (non-hydrogen) atoms. The number of carbonyl (C=O) groups excluding carboxylic acids is 2. The second-order valence-electron chi connectivity index (χ2n) is 18.5. The molecule has 0 radical (unpaired) electrons. The van der Waals surface area contributed by atoms with Crippen LogP contribution in [0.2, 0.25) is 0 Å². The number of ketones is 2. The van der Waals surface area contributed by atoms with Crippen LogP contribution in [0.15, 0.2) is 76.7 Å². The third kappa shape index (κ3) is 5.28. The number of rotatable bonds is 5. The average Bonchev–Trinajstić information content (AvgIpc) is 3.61. The van der Waals surface area contributed by atoms with Crippen LogP contribution in [0.25, 0.3) is 22.1 Å². The van der Waals surface area contributed by atoms with E-state index in [-0.39, 0.29) is 33.4 Å². The minimum atomic E-state index is 0.0458. The second kappa shape index (κ2) is 11.3. The van der Waals surface area contributed by atoms with Gasteiger partial charge in [-0.25, -0.2) is 0 Å². The van der Waals surface area contributed by atoms with Crippen molar-refractivity contribution >= 4 is 33.7 Å². The quantitative estimate of drug-likeness (QED) is 0.257. The van der Waals surface area contributed by atoms with E-state index >= 15 is 0 Å². The molecule has 0 spiro atoms. The third-order valence-electron chi connectivity index (χ3n) is 14.0. The van der Waals surface area contributed by atoms with Crippen LogP contribution in [0.1, 0.15) is 133 Å². The first-order valence-corrected chi connectivity index (χ1v) is 19.0. The van der Waals surface area contributed by atoms with Gasteiger partial charge in [-0.05, 0) is 139 Å². The van der Waals surface area contributed by atoms with Crippen LogP contribution < -0.4 is 0 Å². The minimum Gasteiger partial charge on any atom is -0.456 e. The Kier molecular flexibility index (Phi) is 7.53. The van der Waals surface area contributed by atoms with Gasteiger partial charge in [0.25, 0.3) is 0 Å². The van der Waals surface area contributed by atoms with Crippen LogP contribution in [-0.4, -0.2) is 11.6 Å². The lowest BCUT2D eigenvalue weighted by molar-refractivity contribution is -0.127. The van der Waals surface area contributed by atoms with E-state index in [2.05, 4.69) is 65.8 Å². The van der Waals surface area contributed by atoms with Gasteiger partial charge in [-0.2, -0.15) is 0 Å². The molecule has 2 aromatic carbocycles. The van der Waals surface area contributed by atoms with Gasteiger partial charge in [0.1, 0.15) is 17.1 Å². The number of furan rings is 1. The molecule has 8 rings (SSSR count). The highest BCUT2D eigenvalue weighted by atomic mass is 16.3. The van der Waals surface area contributed by atoms with Crippen molar-refractivity contribution in [3.63, 3.8) is 0 Å². The minimum absolute atomic E-state index is 0.0458.